The molecule has 1 saturated heterocycles. The van der Waals surface area contributed by atoms with E-state index in [1.807, 2.05) is 0 Å². The minimum atomic E-state index is 0.311. The van der Waals surface area contributed by atoms with Gasteiger partial charge in [0.25, 0.3) is 0 Å². The van der Waals surface area contributed by atoms with Gasteiger partial charge in [0.15, 0.2) is 0 Å². The predicted octanol–water partition coefficient (Wildman–Crippen LogP) is 3.60. The van der Waals surface area contributed by atoms with Crippen molar-refractivity contribution < 1.29 is 4.74 Å². The van der Waals surface area contributed by atoms with Crippen LogP contribution >= 0.6 is 0 Å². The van der Waals surface area contributed by atoms with Crippen molar-refractivity contribution in [2.24, 2.45) is 5.92 Å². The van der Waals surface area contributed by atoms with E-state index in [1.54, 1.807) is 7.11 Å². The summed E-state index contributed by atoms with van der Waals surface area (Å²) in [6, 6.07) is 6.72. The largest absolute Gasteiger partial charge is 0.496 e. The van der Waals surface area contributed by atoms with Crippen LogP contribution in [0.15, 0.2) is 18.2 Å². The number of rotatable bonds is 5. The zero-order chi connectivity index (χ0) is 14.5. The molecule has 1 aromatic rings. The molecule has 0 aliphatic carbocycles. The first-order chi connectivity index (χ1) is 9.67. The summed E-state index contributed by atoms with van der Waals surface area (Å²) in [6.45, 7) is 9.99. The molecule has 0 aromatic heterocycles. The van der Waals surface area contributed by atoms with Gasteiger partial charge in [-0.25, -0.2) is 0 Å². The summed E-state index contributed by atoms with van der Waals surface area (Å²) in [5.74, 6) is 1.85. The average molecular weight is 276 g/mol. The Bertz CT molecular complexity index is 425. The Hall–Kier alpha value is -1.22. The zero-order valence-corrected chi connectivity index (χ0v) is 13.3. The monoisotopic (exact) mass is 276 g/mol. The molecule has 0 saturated carbocycles. The molecule has 1 aliphatic rings. The van der Waals surface area contributed by atoms with Crippen molar-refractivity contribution in [1.29, 1.82) is 0 Å². The minimum Gasteiger partial charge on any atom is -0.496 e. The first-order valence-corrected chi connectivity index (χ1v) is 7.82. The first kappa shape index (κ1) is 15.2. The Balaban J connectivity index is 2.31. The Kier molecular flexibility index (Phi) is 5.30. The summed E-state index contributed by atoms with van der Waals surface area (Å²) in [5, 5.41) is 3.52. The fourth-order valence-electron chi connectivity index (χ4n) is 3.08. The van der Waals surface area contributed by atoms with Crippen LogP contribution in [0.5, 0.6) is 5.75 Å². The second-order valence-electron chi connectivity index (χ2n) is 5.84. The average Bonchev–Trinajstić information content (AvgIpc) is 2.47. The molecule has 3 nitrogen and oxygen atoms in total. The van der Waals surface area contributed by atoms with Crippen LogP contribution in [0.1, 0.15) is 45.2 Å². The highest BCUT2D eigenvalue weighted by Crippen LogP contribution is 2.36. The van der Waals surface area contributed by atoms with Crippen molar-refractivity contribution in [3.8, 4) is 5.75 Å². The van der Waals surface area contributed by atoms with Gasteiger partial charge in [0.2, 0.25) is 0 Å². The summed E-state index contributed by atoms with van der Waals surface area (Å²) in [5.41, 5.74) is 2.64. The molecule has 1 atom stereocenters. The minimum absolute atomic E-state index is 0.311. The second kappa shape index (κ2) is 6.98. The van der Waals surface area contributed by atoms with Gasteiger partial charge in [0, 0.05) is 30.4 Å². The van der Waals surface area contributed by atoms with Gasteiger partial charge in [-0.1, -0.05) is 19.9 Å². The van der Waals surface area contributed by atoms with Crippen molar-refractivity contribution >= 4 is 5.69 Å². The Morgan fingerprint density at radius 1 is 1.35 bits per heavy atom. The van der Waals surface area contributed by atoms with Crippen LogP contribution in [0.2, 0.25) is 0 Å². The van der Waals surface area contributed by atoms with Crippen LogP contribution < -0.4 is 15.0 Å². The Morgan fingerprint density at radius 2 is 2.05 bits per heavy atom. The maximum atomic E-state index is 5.60. The fraction of sp³-hybridized carbons (Fsp3) is 0.647. The number of nitrogens with zero attached hydrogens (tertiary/aromatic N) is 1. The third-order valence-corrected chi connectivity index (χ3v) is 4.33. The van der Waals surface area contributed by atoms with Gasteiger partial charge >= 0.3 is 0 Å². The predicted molar refractivity (Wildman–Crippen MR) is 85.7 cm³/mol. The maximum absolute atomic E-state index is 5.60. The highest BCUT2D eigenvalue weighted by atomic mass is 16.5. The van der Waals surface area contributed by atoms with Crippen LogP contribution in [-0.2, 0) is 0 Å². The van der Waals surface area contributed by atoms with Crippen molar-refractivity contribution in [1.82, 2.24) is 5.32 Å². The molecule has 1 N–H and O–H groups in total. The molecule has 0 spiro atoms. The lowest BCUT2D eigenvalue weighted by Crippen LogP contribution is -2.34. The van der Waals surface area contributed by atoms with Crippen LogP contribution in [0.4, 0.5) is 5.69 Å². The van der Waals surface area contributed by atoms with E-state index in [9.17, 15) is 0 Å². The van der Waals surface area contributed by atoms with Gasteiger partial charge in [-0.15, -0.1) is 0 Å². The van der Waals surface area contributed by atoms with Crippen molar-refractivity contribution in [2.75, 3.05) is 31.6 Å². The number of ether oxygens (including phenoxy) is 1. The molecule has 1 heterocycles. The number of methoxy groups -OCH3 is 1. The lowest BCUT2D eigenvalue weighted by molar-refractivity contribution is 0.400. The van der Waals surface area contributed by atoms with Crippen LogP contribution in [0, 0.1) is 5.92 Å². The second-order valence-corrected chi connectivity index (χ2v) is 5.84. The maximum Gasteiger partial charge on any atom is 0.125 e. The van der Waals surface area contributed by atoms with Gasteiger partial charge in [-0.2, -0.15) is 0 Å². The highest BCUT2D eigenvalue weighted by molar-refractivity contribution is 5.61. The summed E-state index contributed by atoms with van der Waals surface area (Å²) >= 11 is 0. The van der Waals surface area contributed by atoms with Gasteiger partial charge in [0.05, 0.1) is 7.11 Å². The summed E-state index contributed by atoms with van der Waals surface area (Å²) in [6.07, 6.45) is 2.57. The lowest BCUT2D eigenvalue weighted by atomic mass is 9.96. The number of piperidine rings is 1. The van der Waals surface area contributed by atoms with Gasteiger partial charge in [0.1, 0.15) is 5.75 Å². The van der Waals surface area contributed by atoms with E-state index in [-0.39, 0.29) is 0 Å². The topological polar surface area (TPSA) is 24.5 Å². The van der Waals surface area contributed by atoms with Crippen LogP contribution in [-0.4, -0.2) is 26.7 Å². The summed E-state index contributed by atoms with van der Waals surface area (Å²) in [4.78, 5) is 2.52. The highest BCUT2D eigenvalue weighted by Gasteiger charge is 2.22. The number of benzene rings is 1. The van der Waals surface area contributed by atoms with Crippen molar-refractivity contribution in [3.05, 3.63) is 23.8 Å². The summed E-state index contributed by atoms with van der Waals surface area (Å²) in [7, 11) is 1.76. The van der Waals surface area contributed by atoms with Crippen molar-refractivity contribution in [3.63, 3.8) is 0 Å². The van der Waals surface area contributed by atoms with E-state index in [1.165, 1.54) is 24.1 Å². The lowest BCUT2D eigenvalue weighted by Gasteiger charge is -2.35. The number of anilines is 1. The molecule has 1 aromatic carbocycles. The molecular weight excluding hydrogens is 248 g/mol. The Labute approximate surface area is 123 Å². The molecule has 2 rings (SSSR count). The molecule has 0 bridgehead atoms. The van der Waals surface area contributed by atoms with Crippen LogP contribution in [0.3, 0.4) is 0 Å². The van der Waals surface area contributed by atoms with Crippen LogP contribution in [0.25, 0.3) is 0 Å². The third-order valence-electron chi connectivity index (χ3n) is 4.33. The number of nitrogens with one attached hydrogen (secondary N) is 1. The number of hydrogen-bond donors (Lipinski definition) is 1. The van der Waals surface area contributed by atoms with Gasteiger partial charge in [-0.3, -0.25) is 0 Å². The quantitative estimate of drug-likeness (QED) is 0.889. The fourth-order valence-corrected chi connectivity index (χ4v) is 3.08. The normalized spacial score (nSPS) is 18.1. The van der Waals surface area contributed by atoms with Crippen molar-refractivity contribution in [2.45, 2.75) is 39.7 Å². The first-order valence-electron chi connectivity index (χ1n) is 7.82. The van der Waals surface area contributed by atoms with Gasteiger partial charge in [-0.05, 0) is 44.4 Å². The van der Waals surface area contributed by atoms with E-state index in [4.69, 9.17) is 4.74 Å². The number of hydrogen-bond acceptors (Lipinski definition) is 3. The molecule has 3 heteroatoms. The standard InChI is InChI=1S/C17H28N2O/c1-5-18-14(3)17-15(7-6-8-16(17)20-4)19-11-9-13(2)10-12-19/h6-8,13-14,18H,5,9-12H2,1-4H3. The molecular formula is C17H28N2O. The SMILES string of the molecule is CCNC(C)c1c(OC)cccc1N1CCC(C)CC1. The molecule has 1 unspecified atom stereocenters. The molecule has 112 valence electrons. The molecule has 20 heavy (non-hydrogen) atoms. The smallest absolute Gasteiger partial charge is 0.125 e. The van der Waals surface area contributed by atoms with E-state index in [0.29, 0.717) is 6.04 Å². The molecule has 1 aliphatic heterocycles. The molecule has 0 radical (unpaired) electrons. The van der Waals surface area contributed by atoms with E-state index >= 15 is 0 Å². The molecule has 0 amide bonds. The zero-order valence-electron chi connectivity index (χ0n) is 13.3. The molecule has 1 fully saturated rings. The Morgan fingerprint density at radius 3 is 2.65 bits per heavy atom. The third kappa shape index (κ3) is 3.26. The van der Waals surface area contributed by atoms with E-state index in [0.717, 1.165) is 31.3 Å². The summed E-state index contributed by atoms with van der Waals surface area (Å²) < 4.78 is 5.60. The van der Waals surface area contributed by atoms with E-state index < -0.39 is 0 Å². The van der Waals surface area contributed by atoms with E-state index in [2.05, 4.69) is 49.2 Å². The van der Waals surface area contributed by atoms with Gasteiger partial charge < -0.3 is 15.0 Å².